The first kappa shape index (κ1) is 20.8. The highest BCUT2D eigenvalue weighted by atomic mass is 35.5. The molecule has 33 heavy (non-hydrogen) atoms. The first-order valence-electron chi connectivity index (χ1n) is 10.3. The van der Waals surface area contributed by atoms with Crippen molar-refractivity contribution in [2.75, 3.05) is 0 Å². The topological polar surface area (TPSA) is 77.3 Å². The number of furan rings is 2. The van der Waals surface area contributed by atoms with E-state index >= 15 is 0 Å². The Morgan fingerprint density at radius 2 is 1.85 bits per heavy atom. The molecule has 5 aromatic rings. The maximum Gasteiger partial charge on any atom is 0.275 e. The van der Waals surface area contributed by atoms with Crippen LogP contribution in [-0.4, -0.2) is 25.6 Å². The first-order chi connectivity index (χ1) is 16.2. The molecule has 0 saturated heterocycles. The van der Waals surface area contributed by atoms with Gasteiger partial charge in [0.2, 0.25) is 0 Å². The number of rotatable bonds is 7. The van der Waals surface area contributed by atoms with Crippen molar-refractivity contribution in [2.45, 2.75) is 13.1 Å². The third-order valence-corrected chi connectivity index (χ3v) is 5.30. The standard InChI is InChI=1S/C25H19ClN4O3/c26-19-6-1-7-20(13-19)30-23(24-9-4-12-33-24)14-22(28-30)25(31)29(17-21-8-3-11-32-21)16-18-5-2-10-27-15-18/h1-15H,16-17H2. The van der Waals surface area contributed by atoms with Crippen LogP contribution in [0.5, 0.6) is 0 Å². The lowest BCUT2D eigenvalue weighted by atomic mass is 10.2. The van der Waals surface area contributed by atoms with Gasteiger partial charge in [-0.05, 0) is 54.1 Å². The minimum Gasteiger partial charge on any atom is -0.467 e. The quantitative estimate of drug-likeness (QED) is 0.316. The molecule has 0 fully saturated rings. The van der Waals surface area contributed by atoms with Gasteiger partial charge in [-0.25, -0.2) is 4.68 Å². The summed E-state index contributed by atoms with van der Waals surface area (Å²) in [5, 5.41) is 5.20. The number of nitrogens with zero attached hydrogens (tertiary/aromatic N) is 4. The smallest absolute Gasteiger partial charge is 0.275 e. The van der Waals surface area contributed by atoms with E-state index in [1.807, 2.05) is 36.4 Å². The number of hydrogen-bond donors (Lipinski definition) is 0. The number of aromatic nitrogens is 3. The lowest BCUT2D eigenvalue weighted by Gasteiger charge is -2.20. The summed E-state index contributed by atoms with van der Waals surface area (Å²) in [6.07, 6.45) is 6.61. The minimum absolute atomic E-state index is 0.246. The van der Waals surface area contributed by atoms with E-state index in [0.717, 1.165) is 11.3 Å². The Bertz CT molecular complexity index is 1350. The van der Waals surface area contributed by atoms with Gasteiger partial charge in [0.05, 0.1) is 24.8 Å². The van der Waals surface area contributed by atoms with Gasteiger partial charge in [-0.15, -0.1) is 0 Å². The van der Waals surface area contributed by atoms with Gasteiger partial charge in [0, 0.05) is 30.0 Å². The maximum atomic E-state index is 13.6. The fourth-order valence-corrected chi connectivity index (χ4v) is 3.74. The van der Waals surface area contributed by atoms with Crippen LogP contribution in [0.3, 0.4) is 0 Å². The molecule has 7 nitrogen and oxygen atoms in total. The van der Waals surface area contributed by atoms with Crippen LogP contribution in [0.1, 0.15) is 21.8 Å². The van der Waals surface area contributed by atoms with Crippen molar-refractivity contribution in [3.8, 4) is 17.1 Å². The number of pyridine rings is 1. The predicted octanol–water partition coefficient (Wildman–Crippen LogP) is 5.62. The van der Waals surface area contributed by atoms with Crippen molar-refractivity contribution in [2.24, 2.45) is 0 Å². The van der Waals surface area contributed by atoms with Crippen molar-refractivity contribution >= 4 is 17.5 Å². The third-order valence-electron chi connectivity index (χ3n) is 5.07. The van der Waals surface area contributed by atoms with Crippen LogP contribution in [0.25, 0.3) is 17.1 Å². The van der Waals surface area contributed by atoms with Crippen molar-refractivity contribution in [1.82, 2.24) is 19.7 Å². The number of carbonyl (C=O) groups is 1. The van der Waals surface area contributed by atoms with Crippen molar-refractivity contribution < 1.29 is 13.6 Å². The average Bonchev–Trinajstić information content (AvgIpc) is 3.60. The molecule has 0 radical (unpaired) electrons. The maximum absolute atomic E-state index is 13.6. The molecule has 0 aliphatic rings. The summed E-state index contributed by atoms with van der Waals surface area (Å²) in [6.45, 7) is 0.647. The molecule has 1 aromatic carbocycles. The third kappa shape index (κ3) is 4.58. The molecule has 4 heterocycles. The van der Waals surface area contributed by atoms with Gasteiger partial charge in [0.15, 0.2) is 11.5 Å². The fraction of sp³-hybridized carbons (Fsp3) is 0.0800. The Labute approximate surface area is 194 Å². The predicted molar refractivity (Wildman–Crippen MR) is 123 cm³/mol. The van der Waals surface area contributed by atoms with Crippen LogP contribution in [0.15, 0.2) is 100 Å². The molecule has 0 spiro atoms. The minimum atomic E-state index is -0.246. The van der Waals surface area contributed by atoms with Gasteiger partial charge in [-0.3, -0.25) is 9.78 Å². The first-order valence-corrected chi connectivity index (χ1v) is 10.7. The van der Waals surface area contributed by atoms with E-state index in [-0.39, 0.29) is 11.6 Å². The molecular formula is C25H19ClN4O3. The van der Waals surface area contributed by atoms with Gasteiger partial charge in [-0.2, -0.15) is 5.10 Å². The molecule has 0 atom stereocenters. The number of amides is 1. The highest BCUT2D eigenvalue weighted by Crippen LogP contribution is 2.27. The monoisotopic (exact) mass is 458 g/mol. The summed E-state index contributed by atoms with van der Waals surface area (Å²) < 4.78 is 12.8. The fourth-order valence-electron chi connectivity index (χ4n) is 3.55. The van der Waals surface area contributed by atoms with E-state index in [4.69, 9.17) is 20.4 Å². The zero-order valence-electron chi connectivity index (χ0n) is 17.5. The number of carbonyl (C=O) groups excluding carboxylic acids is 1. The molecule has 0 N–H and O–H groups in total. The summed E-state index contributed by atoms with van der Waals surface area (Å²) in [5.41, 5.74) is 2.54. The van der Waals surface area contributed by atoms with Crippen LogP contribution in [0, 0.1) is 0 Å². The number of hydrogen-bond acceptors (Lipinski definition) is 5. The summed E-state index contributed by atoms with van der Waals surface area (Å²) >= 11 is 6.21. The van der Waals surface area contributed by atoms with E-state index in [2.05, 4.69) is 10.1 Å². The second-order valence-corrected chi connectivity index (χ2v) is 7.82. The van der Waals surface area contributed by atoms with E-state index in [9.17, 15) is 4.79 Å². The summed E-state index contributed by atoms with van der Waals surface area (Å²) in [5.74, 6) is 1.02. The Morgan fingerprint density at radius 1 is 0.970 bits per heavy atom. The number of halogens is 1. The number of benzene rings is 1. The molecule has 0 aliphatic heterocycles. The van der Waals surface area contributed by atoms with Gasteiger partial charge < -0.3 is 13.7 Å². The Hall–Kier alpha value is -4.10. The lowest BCUT2D eigenvalue weighted by molar-refractivity contribution is 0.0711. The zero-order valence-corrected chi connectivity index (χ0v) is 18.2. The van der Waals surface area contributed by atoms with Gasteiger partial charge >= 0.3 is 0 Å². The van der Waals surface area contributed by atoms with Crippen molar-refractivity contribution in [1.29, 1.82) is 0 Å². The van der Waals surface area contributed by atoms with E-state index < -0.39 is 0 Å². The van der Waals surface area contributed by atoms with Crippen LogP contribution < -0.4 is 0 Å². The SMILES string of the molecule is O=C(c1cc(-c2ccco2)n(-c2cccc(Cl)c2)n1)N(Cc1cccnc1)Cc1ccco1. The molecule has 164 valence electrons. The second kappa shape index (κ2) is 9.18. The molecule has 8 heteroatoms. The Balaban J connectivity index is 1.54. The molecule has 0 unspecified atom stereocenters. The van der Waals surface area contributed by atoms with Crippen LogP contribution >= 0.6 is 11.6 Å². The average molecular weight is 459 g/mol. The molecule has 5 rings (SSSR count). The highest BCUT2D eigenvalue weighted by molar-refractivity contribution is 6.30. The summed E-state index contributed by atoms with van der Waals surface area (Å²) in [4.78, 5) is 19.5. The van der Waals surface area contributed by atoms with Gasteiger partial charge in [0.25, 0.3) is 5.91 Å². The molecule has 0 bridgehead atoms. The van der Waals surface area contributed by atoms with Crippen LogP contribution in [-0.2, 0) is 13.1 Å². The molecular weight excluding hydrogens is 440 g/mol. The van der Waals surface area contributed by atoms with Crippen molar-refractivity contribution in [3.63, 3.8) is 0 Å². The highest BCUT2D eigenvalue weighted by Gasteiger charge is 2.24. The van der Waals surface area contributed by atoms with Gasteiger partial charge in [-0.1, -0.05) is 23.7 Å². The molecule has 1 amide bonds. The largest absolute Gasteiger partial charge is 0.467 e. The zero-order chi connectivity index (χ0) is 22.6. The van der Waals surface area contributed by atoms with E-state index in [0.29, 0.717) is 35.3 Å². The van der Waals surface area contributed by atoms with Crippen LogP contribution in [0.2, 0.25) is 5.02 Å². The van der Waals surface area contributed by atoms with Crippen LogP contribution in [0.4, 0.5) is 0 Å². The molecule has 0 saturated carbocycles. The van der Waals surface area contributed by atoms with Gasteiger partial charge in [0.1, 0.15) is 11.5 Å². The molecule has 4 aromatic heterocycles. The molecule has 0 aliphatic carbocycles. The van der Waals surface area contributed by atoms with Crippen molar-refractivity contribution in [3.05, 3.63) is 114 Å². The second-order valence-electron chi connectivity index (χ2n) is 7.39. The Kier molecular flexibility index (Phi) is 5.78. The van der Waals surface area contributed by atoms with E-state index in [1.54, 1.807) is 64.8 Å². The lowest BCUT2D eigenvalue weighted by Crippen LogP contribution is -2.30. The normalized spacial score (nSPS) is 10.9. The van der Waals surface area contributed by atoms with E-state index in [1.165, 1.54) is 0 Å². The Morgan fingerprint density at radius 3 is 2.58 bits per heavy atom. The summed E-state index contributed by atoms with van der Waals surface area (Å²) in [6, 6.07) is 20.0. The summed E-state index contributed by atoms with van der Waals surface area (Å²) in [7, 11) is 0.